The van der Waals surface area contributed by atoms with E-state index < -0.39 is 17.2 Å². The zero-order valence-corrected chi connectivity index (χ0v) is 27.9. The fourth-order valence-corrected chi connectivity index (χ4v) is 4.21. The molecule has 0 fully saturated rings. The van der Waals surface area contributed by atoms with Crippen LogP contribution in [0.25, 0.3) is 33.4 Å². The van der Waals surface area contributed by atoms with Crippen LogP contribution in [0.2, 0.25) is 0 Å². The highest BCUT2D eigenvalue weighted by atomic mass is 31.2. The van der Waals surface area contributed by atoms with Gasteiger partial charge in [-0.1, -0.05) is 109 Å². The summed E-state index contributed by atoms with van der Waals surface area (Å²) in [5, 5.41) is 57.5. The van der Waals surface area contributed by atoms with Crippen LogP contribution >= 0.6 is 17.2 Å². The number of benzene rings is 6. The van der Waals surface area contributed by atoms with Crippen molar-refractivity contribution < 1.29 is 60.0 Å². The maximum Gasteiger partial charge on any atom is 0.324 e. The molecule has 0 atom stereocenters. The monoisotopic (exact) mass is 722 g/mol. The van der Waals surface area contributed by atoms with Crippen molar-refractivity contribution in [1.82, 2.24) is 0 Å². The van der Waals surface area contributed by atoms with Crippen molar-refractivity contribution in [2.24, 2.45) is 0 Å². The molecular formula is C36H36O12P2. The van der Waals surface area contributed by atoms with Crippen LogP contribution in [0.15, 0.2) is 146 Å². The summed E-state index contributed by atoms with van der Waals surface area (Å²) in [4.78, 5) is 43.4. The van der Waals surface area contributed by atoms with E-state index in [1.807, 2.05) is 36.4 Å². The van der Waals surface area contributed by atoms with E-state index in [-0.39, 0.29) is 34.5 Å². The van der Waals surface area contributed by atoms with Crippen molar-refractivity contribution in [2.45, 2.75) is 0 Å². The van der Waals surface area contributed by atoms with Crippen LogP contribution in [0.5, 0.6) is 34.5 Å². The number of phenols is 6. The Bertz CT molecular complexity index is 1540. The van der Waals surface area contributed by atoms with Gasteiger partial charge in [-0.2, -0.15) is 0 Å². The zero-order valence-electron chi connectivity index (χ0n) is 26.1. The highest BCUT2D eigenvalue weighted by Gasteiger charge is 2.08. The predicted molar refractivity (Wildman–Crippen MR) is 193 cm³/mol. The molecule has 14 heteroatoms. The van der Waals surface area contributed by atoms with Crippen LogP contribution in [0.4, 0.5) is 0 Å². The van der Waals surface area contributed by atoms with Crippen molar-refractivity contribution >= 4 is 17.2 Å². The highest BCUT2D eigenvalue weighted by Crippen LogP contribution is 2.36. The lowest BCUT2D eigenvalue weighted by atomic mass is 10.0. The largest absolute Gasteiger partial charge is 0.507 e. The molecule has 0 saturated heterocycles. The molecule has 6 rings (SSSR count). The molecule has 6 aromatic rings. The maximum absolute atomic E-state index is 9.58. The Balaban J connectivity index is 0.000000235. The first-order valence-corrected chi connectivity index (χ1v) is 16.7. The Hall–Kier alpha value is -5.26. The van der Waals surface area contributed by atoms with Gasteiger partial charge in [-0.15, -0.1) is 0 Å². The third kappa shape index (κ3) is 14.1. The Kier molecular flexibility index (Phi) is 17.7. The highest BCUT2D eigenvalue weighted by molar-refractivity contribution is 7.38. The minimum Gasteiger partial charge on any atom is -0.507 e. The van der Waals surface area contributed by atoms with Gasteiger partial charge < -0.3 is 60.0 Å². The van der Waals surface area contributed by atoms with Gasteiger partial charge in [-0.3, -0.25) is 0 Å². The van der Waals surface area contributed by atoms with Gasteiger partial charge in [0, 0.05) is 33.4 Å². The summed E-state index contributed by atoms with van der Waals surface area (Å²) in [6.45, 7) is 0. The quantitative estimate of drug-likeness (QED) is 0.0857. The van der Waals surface area contributed by atoms with Crippen LogP contribution in [0.3, 0.4) is 0 Å². The lowest BCUT2D eigenvalue weighted by Gasteiger charge is -2.05. The third-order valence-corrected chi connectivity index (χ3v) is 6.29. The molecule has 12 N–H and O–H groups in total. The summed E-state index contributed by atoms with van der Waals surface area (Å²) < 4.78 is 0. The molecule has 0 amide bonds. The molecule has 0 aliphatic carbocycles. The van der Waals surface area contributed by atoms with Gasteiger partial charge in [0.05, 0.1) is 0 Å². The van der Waals surface area contributed by atoms with Gasteiger partial charge in [0.1, 0.15) is 34.5 Å². The minimum atomic E-state index is -2.62. The Morgan fingerprint density at radius 2 is 0.320 bits per heavy atom. The molecule has 0 aliphatic rings. The second-order valence-electron chi connectivity index (χ2n) is 9.64. The van der Waals surface area contributed by atoms with Crippen molar-refractivity contribution in [3.05, 3.63) is 146 Å². The van der Waals surface area contributed by atoms with Gasteiger partial charge in [0.25, 0.3) is 0 Å². The summed E-state index contributed by atoms with van der Waals surface area (Å²) in [5.41, 5.74) is 3.86. The summed E-state index contributed by atoms with van der Waals surface area (Å²) in [6, 6.07) is 41.6. The van der Waals surface area contributed by atoms with Crippen LogP contribution < -0.4 is 0 Å². The normalized spacial score (nSPS) is 9.84. The lowest BCUT2D eigenvalue weighted by Crippen LogP contribution is -1.79. The van der Waals surface area contributed by atoms with Gasteiger partial charge in [0.15, 0.2) is 0 Å². The minimum absolute atomic E-state index is 0.175. The standard InChI is InChI=1S/3C12H10O2.2H3O3P/c3*13-11-7-3-1-5-9(11)10-6-2-4-8-12(10)14;2*1-4(2)3/h3*1-8,13-14H;2*1-3H. The zero-order chi connectivity index (χ0) is 37.1. The fraction of sp³-hybridized carbons (Fsp3) is 0. The molecule has 262 valence electrons. The van der Waals surface area contributed by atoms with E-state index in [0.29, 0.717) is 33.4 Å². The number of rotatable bonds is 3. The van der Waals surface area contributed by atoms with Crippen LogP contribution in [-0.4, -0.2) is 60.0 Å². The van der Waals surface area contributed by atoms with E-state index in [2.05, 4.69) is 0 Å². The van der Waals surface area contributed by atoms with Crippen LogP contribution in [0, 0.1) is 0 Å². The summed E-state index contributed by atoms with van der Waals surface area (Å²) in [5.74, 6) is 1.05. The molecular weight excluding hydrogens is 686 g/mol. The molecule has 6 aromatic carbocycles. The van der Waals surface area contributed by atoms with E-state index >= 15 is 0 Å². The number of phenolic OH excluding ortho intramolecular Hbond substituents is 6. The molecule has 0 unspecified atom stereocenters. The molecule has 0 aromatic heterocycles. The summed E-state index contributed by atoms with van der Waals surface area (Å²) in [7, 11) is -5.24. The van der Waals surface area contributed by atoms with E-state index in [1.165, 1.54) is 0 Å². The lowest BCUT2D eigenvalue weighted by molar-refractivity contribution is 0.366. The van der Waals surface area contributed by atoms with Crippen LogP contribution in [-0.2, 0) is 0 Å². The average Bonchev–Trinajstić information content (AvgIpc) is 3.07. The first kappa shape index (κ1) is 40.9. The molecule has 0 heterocycles. The summed E-state index contributed by atoms with van der Waals surface area (Å²) >= 11 is 0. The van der Waals surface area contributed by atoms with Gasteiger partial charge in [-0.05, 0) is 36.4 Å². The fourth-order valence-electron chi connectivity index (χ4n) is 4.21. The Morgan fingerprint density at radius 3 is 0.420 bits per heavy atom. The van der Waals surface area contributed by atoms with Crippen molar-refractivity contribution in [1.29, 1.82) is 0 Å². The van der Waals surface area contributed by atoms with Crippen LogP contribution in [0.1, 0.15) is 0 Å². The second-order valence-corrected chi connectivity index (χ2v) is 10.7. The van der Waals surface area contributed by atoms with Gasteiger partial charge in [-0.25, -0.2) is 0 Å². The van der Waals surface area contributed by atoms with E-state index in [9.17, 15) is 30.6 Å². The van der Waals surface area contributed by atoms with Crippen molar-refractivity contribution in [3.63, 3.8) is 0 Å². The van der Waals surface area contributed by atoms with Crippen molar-refractivity contribution in [3.8, 4) is 67.9 Å². The summed E-state index contributed by atoms with van der Waals surface area (Å²) in [6.07, 6.45) is 0. The molecule has 0 spiro atoms. The smallest absolute Gasteiger partial charge is 0.324 e. The average molecular weight is 723 g/mol. The van der Waals surface area contributed by atoms with E-state index in [0.717, 1.165) is 0 Å². The number of hydrogen-bond donors (Lipinski definition) is 12. The molecule has 0 bridgehead atoms. The maximum atomic E-state index is 9.58. The molecule has 0 saturated carbocycles. The number of aromatic hydroxyl groups is 6. The Morgan fingerprint density at radius 1 is 0.220 bits per heavy atom. The predicted octanol–water partition coefficient (Wildman–Crippen LogP) is 6.67. The number of hydrogen-bond acceptors (Lipinski definition) is 12. The third-order valence-electron chi connectivity index (χ3n) is 6.29. The first-order chi connectivity index (χ1) is 23.8. The molecule has 12 nitrogen and oxygen atoms in total. The van der Waals surface area contributed by atoms with Gasteiger partial charge >= 0.3 is 17.2 Å². The second kappa shape index (κ2) is 21.7. The van der Waals surface area contributed by atoms with Crippen molar-refractivity contribution in [2.75, 3.05) is 0 Å². The topological polar surface area (TPSA) is 243 Å². The Labute approximate surface area is 290 Å². The molecule has 0 aliphatic heterocycles. The SMILES string of the molecule is OP(O)O.OP(O)O.Oc1ccccc1-c1ccccc1O.Oc1ccccc1-c1ccccc1O.Oc1ccccc1-c1ccccc1O. The van der Waals surface area contributed by atoms with E-state index in [4.69, 9.17) is 29.4 Å². The van der Waals surface area contributed by atoms with Gasteiger partial charge in [0.2, 0.25) is 0 Å². The molecule has 0 radical (unpaired) electrons. The first-order valence-electron chi connectivity index (χ1n) is 14.3. The van der Waals surface area contributed by atoms with E-state index in [1.54, 1.807) is 109 Å². The number of para-hydroxylation sites is 6. The molecule has 50 heavy (non-hydrogen) atoms.